The Kier molecular flexibility index (Phi) is 5.35. The Morgan fingerprint density at radius 2 is 1.56 bits per heavy atom. The number of carbonyl (C=O) groups is 1. The van der Waals surface area contributed by atoms with Crippen LogP contribution in [-0.4, -0.2) is 30.0 Å². The molecule has 2 N–H and O–H groups in total. The molecule has 3 aromatic rings. The van der Waals surface area contributed by atoms with Crippen molar-refractivity contribution >= 4 is 28.9 Å². The highest BCUT2D eigenvalue weighted by Crippen LogP contribution is 2.19. The smallest absolute Gasteiger partial charge is 0.255 e. The van der Waals surface area contributed by atoms with Crippen molar-refractivity contribution in [2.24, 2.45) is 0 Å². The summed E-state index contributed by atoms with van der Waals surface area (Å²) in [6, 6.07) is 16.9. The van der Waals surface area contributed by atoms with Gasteiger partial charge in [-0.15, -0.1) is 0 Å². The average molecular weight is 361 g/mol. The maximum absolute atomic E-state index is 12.5. The number of hydrogen-bond donors (Lipinski definition) is 2. The Morgan fingerprint density at radius 1 is 0.889 bits per heavy atom. The summed E-state index contributed by atoms with van der Waals surface area (Å²) in [7, 11) is 3.93. The third-order valence-corrected chi connectivity index (χ3v) is 4.01. The summed E-state index contributed by atoms with van der Waals surface area (Å²) in [6.45, 7) is 3.86. The molecule has 6 heteroatoms. The maximum atomic E-state index is 12.5. The van der Waals surface area contributed by atoms with E-state index in [-0.39, 0.29) is 5.91 Å². The van der Waals surface area contributed by atoms with Crippen molar-refractivity contribution in [1.29, 1.82) is 0 Å². The molecule has 0 atom stereocenters. The number of aromatic nitrogens is 2. The second-order valence-electron chi connectivity index (χ2n) is 6.58. The first-order valence-electron chi connectivity index (χ1n) is 8.69. The van der Waals surface area contributed by atoms with Crippen molar-refractivity contribution in [3.8, 4) is 0 Å². The van der Waals surface area contributed by atoms with E-state index in [1.807, 2.05) is 75.3 Å². The summed E-state index contributed by atoms with van der Waals surface area (Å²) in [6.07, 6.45) is 0. The first-order chi connectivity index (χ1) is 12.9. The van der Waals surface area contributed by atoms with Crippen LogP contribution in [0.4, 0.5) is 23.0 Å². The molecule has 0 saturated heterocycles. The number of carbonyl (C=O) groups excluding carboxylic acids is 1. The van der Waals surface area contributed by atoms with E-state index in [0.717, 1.165) is 28.5 Å². The van der Waals surface area contributed by atoms with Gasteiger partial charge < -0.3 is 15.5 Å². The molecule has 3 rings (SSSR count). The van der Waals surface area contributed by atoms with Gasteiger partial charge in [-0.05, 0) is 62.4 Å². The zero-order chi connectivity index (χ0) is 19.4. The zero-order valence-corrected chi connectivity index (χ0v) is 15.9. The molecule has 0 spiro atoms. The molecule has 0 bridgehead atoms. The number of amides is 1. The number of aryl methyl sites for hydroxylation is 2. The Bertz CT molecular complexity index is 931. The lowest BCUT2D eigenvalue weighted by Crippen LogP contribution is -2.13. The zero-order valence-electron chi connectivity index (χ0n) is 15.9. The van der Waals surface area contributed by atoms with Gasteiger partial charge in [0.05, 0.1) is 0 Å². The summed E-state index contributed by atoms with van der Waals surface area (Å²) in [5, 5.41) is 6.09. The van der Waals surface area contributed by atoms with Crippen molar-refractivity contribution in [2.45, 2.75) is 13.8 Å². The monoisotopic (exact) mass is 361 g/mol. The van der Waals surface area contributed by atoms with Crippen LogP contribution in [0, 0.1) is 13.8 Å². The van der Waals surface area contributed by atoms with Crippen LogP contribution < -0.4 is 15.5 Å². The summed E-state index contributed by atoms with van der Waals surface area (Å²) in [5.74, 6) is 0.394. The van der Waals surface area contributed by atoms with Crippen molar-refractivity contribution in [1.82, 2.24) is 9.97 Å². The molecule has 2 aromatic carbocycles. The van der Waals surface area contributed by atoms with Gasteiger partial charge in [0.25, 0.3) is 5.91 Å². The lowest BCUT2D eigenvalue weighted by Gasteiger charge is -2.14. The molecule has 0 saturated carbocycles. The Labute approximate surface area is 159 Å². The Morgan fingerprint density at radius 3 is 2.19 bits per heavy atom. The molecular formula is C21H23N5O. The minimum absolute atomic E-state index is 0.153. The number of nitrogens with one attached hydrogen (secondary N) is 2. The van der Waals surface area contributed by atoms with Gasteiger partial charge in [0.1, 0.15) is 0 Å². The van der Waals surface area contributed by atoms with Crippen LogP contribution in [0.3, 0.4) is 0 Å². The van der Waals surface area contributed by atoms with E-state index < -0.39 is 0 Å². The predicted molar refractivity (Wildman–Crippen MR) is 110 cm³/mol. The second-order valence-corrected chi connectivity index (χ2v) is 6.58. The number of benzene rings is 2. The van der Waals surface area contributed by atoms with E-state index in [4.69, 9.17) is 0 Å². The third-order valence-electron chi connectivity index (χ3n) is 4.01. The van der Waals surface area contributed by atoms with Gasteiger partial charge in [0.2, 0.25) is 5.95 Å². The molecule has 1 heterocycles. The molecule has 0 unspecified atom stereocenters. The van der Waals surface area contributed by atoms with Crippen LogP contribution >= 0.6 is 0 Å². The topological polar surface area (TPSA) is 70.2 Å². The molecule has 1 aromatic heterocycles. The molecule has 0 aliphatic heterocycles. The number of hydrogen-bond acceptors (Lipinski definition) is 5. The fraction of sp³-hybridized carbons (Fsp3) is 0.190. The van der Waals surface area contributed by atoms with Crippen molar-refractivity contribution in [3.05, 3.63) is 71.5 Å². The van der Waals surface area contributed by atoms with Gasteiger partial charge in [-0.3, -0.25) is 4.79 Å². The quantitative estimate of drug-likeness (QED) is 0.714. The molecule has 0 aliphatic rings. The summed E-state index contributed by atoms with van der Waals surface area (Å²) < 4.78 is 0. The van der Waals surface area contributed by atoms with Crippen LogP contribution in [0.15, 0.2) is 54.6 Å². The van der Waals surface area contributed by atoms with E-state index in [1.165, 1.54) is 0 Å². The van der Waals surface area contributed by atoms with Crippen LogP contribution in [-0.2, 0) is 0 Å². The van der Waals surface area contributed by atoms with Crippen LogP contribution in [0.1, 0.15) is 21.7 Å². The largest absolute Gasteiger partial charge is 0.378 e. The second kappa shape index (κ2) is 7.86. The molecule has 0 fully saturated rings. The molecule has 6 nitrogen and oxygen atoms in total. The fourth-order valence-electron chi connectivity index (χ4n) is 2.68. The Hall–Kier alpha value is -3.41. The molecule has 0 radical (unpaired) electrons. The minimum Gasteiger partial charge on any atom is -0.378 e. The standard InChI is InChI=1S/C21H23N5O/c1-14-12-15(2)23-21(22-14)25-17-10-8-16(9-11-17)20(27)24-18-6-5-7-19(13-18)26(3)4/h5-13H,1-4H3,(H,24,27)(H,22,23,25). The number of nitrogens with zero attached hydrogens (tertiary/aromatic N) is 3. The van der Waals surface area contributed by atoms with Crippen molar-refractivity contribution in [3.63, 3.8) is 0 Å². The van der Waals surface area contributed by atoms with Gasteiger partial charge in [-0.25, -0.2) is 9.97 Å². The number of anilines is 4. The van der Waals surface area contributed by atoms with Crippen molar-refractivity contribution < 1.29 is 4.79 Å². The highest BCUT2D eigenvalue weighted by atomic mass is 16.1. The Balaban J connectivity index is 1.69. The lowest BCUT2D eigenvalue weighted by atomic mass is 10.2. The van der Waals surface area contributed by atoms with Crippen molar-refractivity contribution in [2.75, 3.05) is 29.6 Å². The van der Waals surface area contributed by atoms with Crippen LogP contribution in [0.5, 0.6) is 0 Å². The molecule has 1 amide bonds. The highest BCUT2D eigenvalue weighted by molar-refractivity contribution is 6.04. The van der Waals surface area contributed by atoms with E-state index in [9.17, 15) is 4.79 Å². The van der Waals surface area contributed by atoms with Gasteiger partial charge in [-0.1, -0.05) is 6.07 Å². The predicted octanol–water partition coefficient (Wildman–Crippen LogP) is 4.16. The third kappa shape index (κ3) is 4.82. The summed E-state index contributed by atoms with van der Waals surface area (Å²) >= 11 is 0. The normalized spacial score (nSPS) is 10.4. The van der Waals surface area contributed by atoms with E-state index in [0.29, 0.717) is 11.5 Å². The average Bonchev–Trinajstić information content (AvgIpc) is 2.61. The van der Waals surface area contributed by atoms with E-state index in [2.05, 4.69) is 20.6 Å². The van der Waals surface area contributed by atoms with Crippen LogP contribution in [0.25, 0.3) is 0 Å². The van der Waals surface area contributed by atoms with Gasteiger partial charge in [0, 0.05) is 48.1 Å². The minimum atomic E-state index is -0.153. The van der Waals surface area contributed by atoms with Gasteiger partial charge in [-0.2, -0.15) is 0 Å². The van der Waals surface area contributed by atoms with Gasteiger partial charge >= 0.3 is 0 Å². The fourth-order valence-corrected chi connectivity index (χ4v) is 2.68. The molecule has 0 aliphatic carbocycles. The maximum Gasteiger partial charge on any atom is 0.255 e. The van der Waals surface area contributed by atoms with Gasteiger partial charge in [0.15, 0.2) is 0 Å². The molecule has 138 valence electrons. The number of rotatable bonds is 5. The summed E-state index contributed by atoms with van der Waals surface area (Å²) in [4.78, 5) is 23.2. The first-order valence-corrected chi connectivity index (χ1v) is 8.69. The molecule has 27 heavy (non-hydrogen) atoms. The first kappa shape index (κ1) is 18.4. The van der Waals surface area contributed by atoms with E-state index >= 15 is 0 Å². The van der Waals surface area contributed by atoms with E-state index in [1.54, 1.807) is 12.1 Å². The lowest BCUT2D eigenvalue weighted by molar-refractivity contribution is 0.102. The van der Waals surface area contributed by atoms with Crippen LogP contribution in [0.2, 0.25) is 0 Å². The SMILES string of the molecule is Cc1cc(C)nc(Nc2ccc(C(=O)Nc3cccc(N(C)C)c3)cc2)n1. The summed E-state index contributed by atoms with van der Waals surface area (Å²) in [5.41, 5.74) is 5.00. The highest BCUT2D eigenvalue weighted by Gasteiger charge is 2.08. The molecular weight excluding hydrogens is 338 g/mol.